The van der Waals surface area contributed by atoms with Gasteiger partial charge in [-0.15, -0.1) is 0 Å². The Bertz CT molecular complexity index is 282. The molecule has 6 heteroatoms. The zero-order valence-electron chi connectivity index (χ0n) is 7.69. The Hall–Kier alpha value is -1.04. The van der Waals surface area contributed by atoms with Crippen molar-refractivity contribution < 1.29 is 17.7 Å². The molecule has 0 amide bonds. The van der Waals surface area contributed by atoms with E-state index in [-0.39, 0.29) is 6.54 Å². The lowest BCUT2D eigenvalue weighted by molar-refractivity contribution is -0.133. The van der Waals surface area contributed by atoms with E-state index in [4.69, 9.17) is 4.52 Å². The monoisotopic (exact) mass is 208 g/mol. The SMILES string of the molecule is Cc1cc(CNCCC(F)(F)F)no1. The molecule has 0 saturated heterocycles. The summed E-state index contributed by atoms with van der Waals surface area (Å²) in [5.41, 5.74) is 0.615. The van der Waals surface area contributed by atoms with Gasteiger partial charge >= 0.3 is 6.18 Å². The molecule has 80 valence electrons. The van der Waals surface area contributed by atoms with Crippen LogP contribution in [0.1, 0.15) is 17.9 Å². The Morgan fingerprint density at radius 2 is 2.21 bits per heavy atom. The summed E-state index contributed by atoms with van der Waals surface area (Å²) < 4.78 is 39.9. The van der Waals surface area contributed by atoms with Crippen LogP contribution in [-0.2, 0) is 6.54 Å². The lowest BCUT2D eigenvalue weighted by atomic mass is 10.3. The smallest absolute Gasteiger partial charge is 0.361 e. The summed E-state index contributed by atoms with van der Waals surface area (Å²) in [4.78, 5) is 0. The quantitative estimate of drug-likeness (QED) is 0.769. The lowest BCUT2D eigenvalue weighted by Crippen LogP contribution is -2.21. The molecule has 1 aromatic heterocycles. The van der Waals surface area contributed by atoms with E-state index in [1.165, 1.54) is 0 Å². The number of halogens is 3. The van der Waals surface area contributed by atoms with Crippen molar-refractivity contribution >= 4 is 0 Å². The van der Waals surface area contributed by atoms with Crippen molar-refractivity contribution in [3.63, 3.8) is 0 Å². The highest BCUT2D eigenvalue weighted by Crippen LogP contribution is 2.18. The first-order valence-electron chi connectivity index (χ1n) is 4.17. The van der Waals surface area contributed by atoms with Gasteiger partial charge in [0.25, 0.3) is 0 Å². The largest absolute Gasteiger partial charge is 0.390 e. The highest BCUT2D eigenvalue weighted by Gasteiger charge is 2.25. The van der Waals surface area contributed by atoms with E-state index in [1.807, 2.05) is 0 Å². The van der Waals surface area contributed by atoms with Crippen molar-refractivity contribution in [2.24, 2.45) is 0 Å². The molecule has 1 heterocycles. The first kappa shape index (κ1) is 11.0. The molecule has 0 spiro atoms. The molecular weight excluding hydrogens is 197 g/mol. The van der Waals surface area contributed by atoms with Gasteiger partial charge in [-0.3, -0.25) is 0 Å². The van der Waals surface area contributed by atoms with Gasteiger partial charge in [-0.2, -0.15) is 13.2 Å². The number of hydrogen-bond acceptors (Lipinski definition) is 3. The Morgan fingerprint density at radius 3 is 2.71 bits per heavy atom. The maximum absolute atomic E-state index is 11.7. The van der Waals surface area contributed by atoms with E-state index in [9.17, 15) is 13.2 Å². The fourth-order valence-corrected chi connectivity index (χ4v) is 0.948. The van der Waals surface area contributed by atoms with Crippen LogP contribution in [0, 0.1) is 6.92 Å². The summed E-state index contributed by atoms with van der Waals surface area (Å²) in [6.45, 7) is 1.93. The molecule has 1 rings (SSSR count). The summed E-state index contributed by atoms with van der Waals surface area (Å²) in [5.74, 6) is 0.651. The van der Waals surface area contributed by atoms with Gasteiger partial charge in [-0.25, -0.2) is 0 Å². The highest BCUT2D eigenvalue weighted by atomic mass is 19.4. The van der Waals surface area contributed by atoms with Crippen molar-refractivity contribution in [2.45, 2.75) is 26.1 Å². The van der Waals surface area contributed by atoms with Crippen molar-refractivity contribution in [2.75, 3.05) is 6.54 Å². The van der Waals surface area contributed by atoms with Crippen LogP contribution in [0.4, 0.5) is 13.2 Å². The minimum Gasteiger partial charge on any atom is -0.361 e. The van der Waals surface area contributed by atoms with E-state index in [0.29, 0.717) is 18.0 Å². The number of hydrogen-bond donors (Lipinski definition) is 1. The lowest BCUT2D eigenvalue weighted by Gasteiger charge is -2.05. The number of aromatic nitrogens is 1. The second kappa shape index (κ2) is 4.45. The van der Waals surface area contributed by atoms with Crippen LogP contribution in [0.15, 0.2) is 10.6 Å². The summed E-state index contributed by atoms with van der Waals surface area (Å²) in [5, 5.41) is 6.26. The number of nitrogens with one attached hydrogen (secondary N) is 1. The molecule has 0 aliphatic heterocycles. The highest BCUT2D eigenvalue weighted by molar-refractivity contribution is 5.02. The fourth-order valence-electron chi connectivity index (χ4n) is 0.948. The molecule has 1 N–H and O–H groups in total. The molecule has 0 unspecified atom stereocenters. The van der Waals surface area contributed by atoms with Crippen LogP contribution >= 0.6 is 0 Å². The molecule has 3 nitrogen and oxygen atoms in total. The Labute approximate surface area is 79.3 Å². The third-order valence-corrected chi connectivity index (χ3v) is 1.57. The van der Waals surface area contributed by atoms with Crippen molar-refractivity contribution in [3.05, 3.63) is 17.5 Å². The minimum atomic E-state index is -4.10. The van der Waals surface area contributed by atoms with Gasteiger partial charge in [0.05, 0.1) is 12.1 Å². The van der Waals surface area contributed by atoms with E-state index in [0.717, 1.165) is 0 Å². The molecule has 14 heavy (non-hydrogen) atoms. The van der Waals surface area contributed by atoms with Crippen LogP contribution in [0.5, 0.6) is 0 Å². The minimum absolute atomic E-state index is 0.102. The van der Waals surface area contributed by atoms with Crippen molar-refractivity contribution in [1.29, 1.82) is 0 Å². The third-order valence-electron chi connectivity index (χ3n) is 1.57. The van der Waals surface area contributed by atoms with Crippen LogP contribution in [0.2, 0.25) is 0 Å². The van der Waals surface area contributed by atoms with E-state index >= 15 is 0 Å². The second-order valence-electron chi connectivity index (χ2n) is 2.97. The predicted octanol–water partition coefficient (Wildman–Crippen LogP) is 2.03. The first-order valence-corrected chi connectivity index (χ1v) is 4.17. The Kier molecular flexibility index (Phi) is 3.51. The van der Waals surface area contributed by atoms with Gasteiger partial charge in [-0.1, -0.05) is 5.16 Å². The number of alkyl halides is 3. The van der Waals surface area contributed by atoms with E-state index in [1.54, 1.807) is 13.0 Å². The molecule has 0 radical (unpaired) electrons. The normalized spacial score (nSPS) is 12.0. The Balaban J connectivity index is 2.16. The molecule has 0 atom stereocenters. The van der Waals surface area contributed by atoms with E-state index < -0.39 is 12.6 Å². The molecule has 0 saturated carbocycles. The number of nitrogens with zero attached hydrogens (tertiary/aromatic N) is 1. The van der Waals surface area contributed by atoms with Crippen LogP contribution in [-0.4, -0.2) is 17.9 Å². The number of rotatable bonds is 4. The second-order valence-corrected chi connectivity index (χ2v) is 2.97. The summed E-state index contributed by atoms with van der Waals surface area (Å²) in [7, 11) is 0. The molecular formula is C8H11F3N2O. The van der Waals surface area contributed by atoms with Gasteiger partial charge in [-0.05, 0) is 6.92 Å². The zero-order chi connectivity index (χ0) is 10.6. The molecule has 0 fully saturated rings. The molecule has 1 aromatic rings. The van der Waals surface area contributed by atoms with Crippen molar-refractivity contribution in [3.8, 4) is 0 Å². The number of aryl methyl sites for hydroxylation is 1. The topological polar surface area (TPSA) is 38.1 Å². The van der Waals surface area contributed by atoms with Gasteiger partial charge < -0.3 is 9.84 Å². The maximum atomic E-state index is 11.7. The molecule has 0 aromatic carbocycles. The summed E-state index contributed by atoms with van der Waals surface area (Å²) >= 11 is 0. The fraction of sp³-hybridized carbons (Fsp3) is 0.625. The van der Waals surface area contributed by atoms with Crippen LogP contribution < -0.4 is 5.32 Å². The van der Waals surface area contributed by atoms with E-state index in [2.05, 4.69) is 10.5 Å². The Morgan fingerprint density at radius 1 is 1.50 bits per heavy atom. The van der Waals surface area contributed by atoms with Crippen LogP contribution in [0.25, 0.3) is 0 Å². The third kappa shape index (κ3) is 4.27. The molecule has 0 aliphatic rings. The maximum Gasteiger partial charge on any atom is 0.390 e. The predicted molar refractivity (Wildman–Crippen MR) is 43.6 cm³/mol. The first-order chi connectivity index (χ1) is 6.47. The van der Waals surface area contributed by atoms with Crippen molar-refractivity contribution in [1.82, 2.24) is 10.5 Å². The summed E-state index contributed by atoms with van der Waals surface area (Å²) in [6, 6.07) is 1.68. The molecule has 0 aliphatic carbocycles. The van der Waals surface area contributed by atoms with Crippen LogP contribution in [0.3, 0.4) is 0 Å². The molecule has 0 bridgehead atoms. The zero-order valence-corrected chi connectivity index (χ0v) is 7.69. The average molecular weight is 208 g/mol. The van der Waals surface area contributed by atoms with Gasteiger partial charge in [0.15, 0.2) is 0 Å². The van der Waals surface area contributed by atoms with Gasteiger partial charge in [0.1, 0.15) is 5.76 Å². The average Bonchev–Trinajstić information content (AvgIpc) is 2.44. The summed E-state index contributed by atoms with van der Waals surface area (Å²) in [6.07, 6.45) is -4.93. The van der Waals surface area contributed by atoms with Gasteiger partial charge in [0, 0.05) is 19.2 Å². The standard InChI is InChI=1S/C8H11F3N2O/c1-6-4-7(13-14-6)5-12-3-2-8(9,10)11/h4,12H,2-3,5H2,1H3. The van der Waals surface area contributed by atoms with Gasteiger partial charge in [0.2, 0.25) is 0 Å².